The van der Waals surface area contributed by atoms with Crippen LogP contribution < -0.4 is 0 Å². The van der Waals surface area contributed by atoms with Gasteiger partial charge in [-0.1, -0.05) is 6.08 Å². The van der Waals surface area contributed by atoms with Crippen LogP contribution in [0, 0.1) is 0 Å². The molecule has 1 saturated heterocycles. The first kappa shape index (κ1) is 13.7. The van der Waals surface area contributed by atoms with Crippen LogP contribution in [-0.2, 0) is 19.1 Å². The molecule has 5 heteroatoms. The van der Waals surface area contributed by atoms with E-state index in [0.717, 1.165) is 12.8 Å². The summed E-state index contributed by atoms with van der Waals surface area (Å²) in [6, 6.07) is 0. The van der Waals surface area contributed by atoms with E-state index in [0.29, 0.717) is 19.8 Å². The Morgan fingerprint density at radius 2 is 2.35 bits per heavy atom. The first-order chi connectivity index (χ1) is 8.19. The van der Waals surface area contributed by atoms with Crippen LogP contribution in [0.4, 0.5) is 0 Å². The lowest BCUT2D eigenvalue weighted by atomic mass is 10.2. The molecule has 1 amide bonds. The lowest BCUT2D eigenvalue weighted by Crippen LogP contribution is -2.42. The maximum atomic E-state index is 12.0. The highest BCUT2D eigenvalue weighted by atomic mass is 16.5. The summed E-state index contributed by atoms with van der Waals surface area (Å²) in [5.41, 5.74) is 0. The minimum atomic E-state index is -0.413. The largest absolute Gasteiger partial charge is 0.465 e. The number of hydrogen-bond donors (Lipinski definition) is 0. The number of carbonyl (C=O) groups excluding carboxylic acids is 2. The Morgan fingerprint density at radius 3 is 2.88 bits per heavy atom. The van der Waals surface area contributed by atoms with Gasteiger partial charge in [-0.15, -0.1) is 6.58 Å². The molecular weight excluding hydrogens is 222 g/mol. The molecule has 1 atom stereocenters. The predicted molar refractivity (Wildman–Crippen MR) is 62.4 cm³/mol. The lowest BCUT2D eigenvalue weighted by Gasteiger charge is -2.22. The molecule has 0 spiro atoms. The molecule has 1 aliphatic heterocycles. The lowest BCUT2D eigenvalue weighted by molar-refractivity contribution is -0.151. The van der Waals surface area contributed by atoms with Crippen LogP contribution in [0.2, 0.25) is 0 Å². The van der Waals surface area contributed by atoms with Crippen LogP contribution in [0.3, 0.4) is 0 Å². The van der Waals surface area contributed by atoms with Gasteiger partial charge in [0, 0.05) is 13.2 Å². The van der Waals surface area contributed by atoms with Gasteiger partial charge in [-0.2, -0.15) is 0 Å². The predicted octanol–water partition coefficient (Wildman–Crippen LogP) is 0.743. The fourth-order valence-electron chi connectivity index (χ4n) is 1.73. The fourth-order valence-corrected chi connectivity index (χ4v) is 1.73. The Hall–Kier alpha value is -1.36. The fraction of sp³-hybridized carbons (Fsp3) is 0.667. The molecule has 0 aliphatic carbocycles. The molecule has 5 nitrogen and oxygen atoms in total. The average molecular weight is 241 g/mol. The highest BCUT2D eigenvalue weighted by molar-refractivity contribution is 5.85. The third-order valence-electron chi connectivity index (χ3n) is 2.49. The van der Waals surface area contributed by atoms with Crippen LogP contribution in [0.25, 0.3) is 0 Å². The molecule has 1 rings (SSSR count). The van der Waals surface area contributed by atoms with E-state index >= 15 is 0 Å². The molecule has 1 aliphatic rings. The van der Waals surface area contributed by atoms with E-state index in [2.05, 4.69) is 6.58 Å². The molecule has 0 N–H and O–H groups in total. The molecule has 0 bridgehead atoms. The van der Waals surface area contributed by atoms with Gasteiger partial charge in [-0.25, -0.2) is 0 Å². The summed E-state index contributed by atoms with van der Waals surface area (Å²) >= 11 is 0. The quantitative estimate of drug-likeness (QED) is 0.508. The van der Waals surface area contributed by atoms with Gasteiger partial charge < -0.3 is 14.4 Å². The molecule has 17 heavy (non-hydrogen) atoms. The molecule has 0 saturated carbocycles. The summed E-state index contributed by atoms with van der Waals surface area (Å²) in [7, 11) is 0. The van der Waals surface area contributed by atoms with Gasteiger partial charge in [0.05, 0.1) is 6.61 Å². The number of esters is 1. The van der Waals surface area contributed by atoms with Crippen molar-refractivity contribution in [2.75, 3.05) is 26.3 Å². The first-order valence-electron chi connectivity index (χ1n) is 5.86. The molecule has 1 fully saturated rings. The number of hydrogen-bond acceptors (Lipinski definition) is 4. The van der Waals surface area contributed by atoms with Crippen LogP contribution >= 0.6 is 0 Å². The van der Waals surface area contributed by atoms with E-state index in [-0.39, 0.29) is 12.5 Å². The second-order valence-electron chi connectivity index (χ2n) is 3.81. The molecule has 0 aromatic heterocycles. The summed E-state index contributed by atoms with van der Waals surface area (Å²) in [5.74, 6) is -0.559. The van der Waals surface area contributed by atoms with Crippen LogP contribution in [0.15, 0.2) is 12.7 Å². The summed E-state index contributed by atoms with van der Waals surface area (Å²) in [5, 5.41) is 0. The third kappa shape index (κ3) is 4.19. The Labute approximate surface area is 101 Å². The van der Waals surface area contributed by atoms with Gasteiger partial charge in [-0.05, 0) is 19.8 Å². The summed E-state index contributed by atoms with van der Waals surface area (Å²) in [6.45, 7) is 6.52. The zero-order chi connectivity index (χ0) is 12.7. The molecule has 1 heterocycles. The second-order valence-corrected chi connectivity index (χ2v) is 3.81. The molecule has 0 aromatic rings. The van der Waals surface area contributed by atoms with Crippen molar-refractivity contribution in [3.63, 3.8) is 0 Å². The van der Waals surface area contributed by atoms with Crippen molar-refractivity contribution in [2.45, 2.75) is 25.9 Å². The number of nitrogens with zero attached hydrogens (tertiary/aromatic N) is 1. The highest BCUT2D eigenvalue weighted by Crippen LogP contribution is 2.14. The van der Waals surface area contributed by atoms with Crippen molar-refractivity contribution >= 4 is 11.9 Å². The Kier molecular flexibility index (Phi) is 5.69. The molecule has 96 valence electrons. The van der Waals surface area contributed by atoms with E-state index < -0.39 is 12.1 Å². The number of carbonyl (C=O) groups is 2. The van der Waals surface area contributed by atoms with Crippen molar-refractivity contribution in [3.8, 4) is 0 Å². The average Bonchev–Trinajstić information content (AvgIpc) is 2.81. The van der Waals surface area contributed by atoms with Crippen molar-refractivity contribution in [2.24, 2.45) is 0 Å². The smallest absolute Gasteiger partial charge is 0.325 e. The van der Waals surface area contributed by atoms with E-state index in [1.165, 1.54) is 4.90 Å². The SMILES string of the molecule is C=CCN(CC(=O)OCC)C(=O)C1CCCO1. The van der Waals surface area contributed by atoms with Crippen molar-refractivity contribution in [3.05, 3.63) is 12.7 Å². The van der Waals surface area contributed by atoms with Crippen LogP contribution in [0.1, 0.15) is 19.8 Å². The second kappa shape index (κ2) is 7.06. The highest BCUT2D eigenvalue weighted by Gasteiger charge is 2.28. The minimum absolute atomic E-state index is 0.0431. The number of rotatable bonds is 6. The van der Waals surface area contributed by atoms with Gasteiger partial charge in [0.25, 0.3) is 5.91 Å². The van der Waals surface area contributed by atoms with Gasteiger partial charge in [0.2, 0.25) is 0 Å². The normalized spacial score (nSPS) is 18.8. The zero-order valence-electron chi connectivity index (χ0n) is 10.2. The zero-order valence-corrected chi connectivity index (χ0v) is 10.2. The summed E-state index contributed by atoms with van der Waals surface area (Å²) < 4.78 is 10.1. The standard InChI is InChI=1S/C12H19NO4/c1-3-7-13(9-11(14)16-4-2)12(15)10-6-5-8-17-10/h3,10H,1,4-9H2,2H3. The number of amides is 1. The monoisotopic (exact) mass is 241 g/mol. The maximum Gasteiger partial charge on any atom is 0.325 e. The van der Waals surface area contributed by atoms with Gasteiger partial charge in [0.15, 0.2) is 0 Å². The summed E-state index contributed by atoms with van der Waals surface area (Å²) in [4.78, 5) is 24.8. The molecular formula is C12H19NO4. The van der Waals surface area contributed by atoms with Gasteiger partial charge in [-0.3, -0.25) is 9.59 Å². The Morgan fingerprint density at radius 1 is 1.59 bits per heavy atom. The summed E-state index contributed by atoms with van der Waals surface area (Å²) in [6.07, 6.45) is 2.78. The van der Waals surface area contributed by atoms with E-state index in [1.54, 1.807) is 13.0 Å². The topological polar surface area (TPSA) is 55.8 Å². The molecule has 1 unspecified atom stereocenters. The van der Waals surface area contributed by atoms with E-state index in [9.17, 15) is 9.59 Å². The maximum absolute atomic E-state index is 12.0. The van der Waals surface area contributed by atoms with Crippen molar-refractivity contribution in [1.82, 2.24) is 4.90 Å². The van der Waals surface area contributed by atoms with Gasteiger partial charge >= 0.3 is 5.97 Å². The first-order valence-corrected chi connectivity index (χ1v) is 5.86. The van der Waals surface area contributed by atoms with E-state index in [1.807, 2.05) is 0 Å². The third-order valence-corrected chi connectivity index (χ3v) is 2.49. The number of ether oxygens (including phenoxy) is 2. The van der Waals surface area contributed by atoms with Crippen molar-refractivity contribution in [1.29, 1.82) is 0 Å². The Bertz CT molecular complexity index is 284. The van der Waals surface area contributed by atoms with Gasteiger partial charge in [0.1, 0.15) is 12.6 Å². The molecule has 0 aromatic carbocycles. The van der Waals surface area contributed by atoms with E-state index in [4.69, 9.17) is 9.47 Å². The van der Waals surface area contributed by atoms with Crippen LogP contribution in [0.5, 0.6) is 0 Å². The van der Waals surface area contributed by atoms with Crippen molar-refractivity contribution < 1.29 is 19.1 Å². The minimum Gasteiger partial charge on any atom is -0.465 e. The Balaban J connectivity index is 2.54. The molecule has 0 radical (unpaired) electrons. The van der Waals surface area contributed by atoms with Crippen LogP contribution in [-0.4, -0.2) is 49.2 Å².